The van der Waals surface area contributed by atoms with E-state index in [1.54, 1.807) is 24.2 Å². The molecule has 1 saturated heterocycles. The maximum absolute atomic E-state index is 12.3. The van der Waals surface area contributed by atoms with E-state index in [1.165, 1.54) is 0 Å². The molecule has 3 rings (SSSR count). The van der Waals surface area contributed by atoms with Crippen LogP contribution < -0.4 is 0 Å². The minimum atomic E-state index is -0.0428. The number of rotatable bonds is 2. The first-order valence-corrected chi connectivity index (χ1v) is 7.59. The molecule has 0 unspecified atom stereocenters. The highest BCUT2D eigenvalue weighted by molar-refractivity contribution is 7.99. The van der Waals surface area contributed by atoms with Gasteiger partial charge in [-0.2, -0.15) is 0 Å². The van der Waals surface area contributed by atoms with Crippen molar-refractivity contribution in [3.05, 3.63) is 36.0 Å². The summed E-state index contributed by atoms with van der Waals surface area (Å²) in [5.41, 5.74) is 0.411. The number of amides is 1. The fourth-order valence-corrected chi connectivity index (χ4v) is 3.46. The largest absolute Gasteiger partial charge is 0.468 e. The van der Waals surface area contributed by atoms with Gasteiger partial charge in [0.15, 0.2) is 5.69 Å². The summed E-state index contributed by atoms with van der Waals surface area (Å²) >= 11 is 1.83. The molecule has 7 heteroatoms. The van der Waals surface area contributed by atoms with E-state index >= 15 is 0 Å². The number of hydrogen-bond donors (Lipinski definition) is 0. The molecule has 1 fully saturated rings. The summed E-state index contributed by atoms with van der Waals surface area (Å²) in [5, 5.41) is 8.02. The highest BCUT2D eigenvalue weighted by Crippen LogP contribution is 2.34. The van der Waals surface area contributed by atoms with Crippen LogP contribution in [0.15, 0.2) is 29.0 Å². The number of thioether (sulfide) groups is 1. The lowest BCUT2D eigenvalue weighted by atomic mass is 10.2. The van der Waals surface area contributed by atoms with Crippen molar-refractivity contribution in [2.75, 3.05) is 18.8 Å². The average molecular weight is 292 g/mol. The minimum absolute atomic E-state index is 0.0428. The Kier molecular flexibility index (Phi) is 3.77. The summed E-state index contributed by atoms with van der Waals surface area (Å²) in [5.74, 6) is 1.85. The number of hydrogen-bond acceptors (Lipinski definition) is 5. The van der Waals surface area contributed by atoms with Gasteiger partial charge in [0, 0.05) is 25.9 Å². The Morgan fingerprint density at radius 2 is 2.40 bits per heavy atom. The van der Waals surface area contributed by atoms with Crippen molar-refractivity contribution < 1.29 is 9.21 Å². The van der Waals surface area contributed by atoms with Gasteiger partial charge >= 0.3 is 0 Å². The van der Waals surface area contributed by atoms with Crippen molar-refractivity contribution >= 4 is 17.7 Å². The number of aryl methyl sites for hydroxylation is 1. The molecule has 0 radical (unpaired) electrons. The summed E-state index contributed by atoms with van der Waals surface area (Å²) in [7, 11) is 1.76. The third kappa shape index (κ3) is 2.72. The van der Waals surface area contributed by atoms with E-state index in [4.69, 9.17) is 4.42 Å². The molecule has 0 N–H and O–H groups in total. The molecule has 20 heavy (non-hydrogen) atoms. The second-order valence-corrected chi connectivity index (χ2v) is 6.04. The summed E-state index contributed by atoms with van der Waals surface area (Å²) in [6.07, 6.45) is 4.25. The second kappa shape index (κ2) is 5.70. The third-order valence-corrected chi connectivity index (χ3v) is 4.60. The molecule has 2 aromatic heterocycles. The first-order valence-electron chi connectivity index (χ1n) is 6.54. The maximum Gasteiger partial charge on any atom is 0.276 e. The number of aromatic nitrogens is 3. The van der Waals surface area contributed by atoms with Gasteiger partial charge < -0.3 is 9.32 Å². The van der Waals surface area contributed by atoms with Gasteiger partial charge in [0.05, 0.1) is 17.7 Å². The van der Waals surface area contributed by atoms with Crippen molar-refractivity contribution in [2.24, 2.45) is 7.05 Å². The average Bonchev–Trinajstić information content (AvgIpc) is 3.05. The van der Waals surface area contributed by atoms with E-state index in [2.05, 4.69) is 10.3 Å². The Balaban J connectivity index is 1.66. The van der Waals surface area contributed by atoms with Crippen molar-refractivity contribution in [1.82, 2.24) is 19.9 Å². The van der Waals surface area contributed by atoms with Crippen LogP contribution in [0.25, 0.3) is 0 Å². The standard InChI is InChI=1S/C13H16N4O2S/c1-16-9-10(14-15-16)13(18)17-5-4-12(20-8-6-17)11-3-2-7-19-11/h2-3,7,9,12H,4-6,8H2,1H3/t12-/m0/s1. The molecule has 0 saturated carbocycles. The van der Waals surface area contributed by atoms with E-state index < -0.39 is 0 Å². The normalized spacial score (nSPS) is 19.9. The van der Waals surface area contributed by atoms with Crippen molar-refractivity contribution in [1.29, 1.82) is 0 Å². The van der Waals surface area contributed by atoms with Gasteiger partial charge in [-0.25, -0.2) is 0 Å². The lowest BCUT2D eigenvalue weighted by Crippen LogP contribution is -2.33. The van der Waals surface area contributed by atoms with Gasteiger partial charge in [-0.15, -0.1) is 16.9 Å². The molecule has 106 valence electrons. The van der Waals surface area contributed by atoms with Crippen LogP contribution in [0.1, 0.15) is 27.9 Å². The minimum Gasteiger partial charge on any atom is -0.468 e. The van der Waals surface area contributed by atoms with Crippen molar-refractivity contribution in [3.8, 4) is 0 Å². The Bertz CT molecular complexity index is 581. The quantitative estimate of drug-likeness (QED) is 0.843. The molecule has 0 spiro atoms. The highest BCUT2D eigenvalue weighted by Gasteiger charge is 2.25. The monoisotopic (exact) mass is 292 g/mol. The maximum atomic E-state index is 12.3. The first-order chi connectivity index (χ1) is 9.74. The number of carbonyl (C=O) groups excluding carboxylic acids is 1. The number of carbonyl (C=O) groups is 1. The van der Waals surface area contributed by atoms with Crippen molar-refractivity contribution in [2.45, 2.75) is 11.7 Å². The van der Waals surface area contributed by atoms with Crippen LogP contribution in [0.2, 0.25) is 0 Å². The number of nitrogens with zero attached hydrogens (tertiary/aromatic N) is 4. The third-order valence-electron chi connectivity index (χ3n) is 3.31. The first kappa shape index (κ1) is 13.2. The van der Waals surface area contributed by atoms with Crippen LogP contribution in [0, 0.1) is 0 Å². The van der Waals surface area contributed by atoms with Gasteiger partial charge in [0.25, 0.3) is 5.91 Å². The van der Waals surface area contributed by atoms with Crippen LogP contribution in [-0.4, -0.2) is 44.6 Å². The Morgan fingerprint density at radius 1 is 1.50 bits per heavy atom. The van der Waals surface area contributed by atoms with E-state index in [9.17, 15) is 4.79 Å². The van der Waals surface area contributed by atoms with Crippen LogP contribution in [0.5, 0.6) is 0 Å². The van der Waals surface area contributed by atoms with Crippen LogP contribution in [-0.2, 0) is 7.05 Å². The molecule has 1 aliphatic heterocycles. The Morgan fingerprint density at radius 3 is 3.10 bits per heavy atom. The summed E-state index contributed by atoms with van der Waals surface area (Å²) in [6.45, 7) is 1.45. The molecule has 1 atom stereocenters. The van der Waals surface area contributed by atoms with Gasteiger partial charge in [-0.3, -0.25) is 9.48 Å². The molecule has 6 nitrogen and oxygen atoms in total. The topological polar surface area (TPSA) is 64.2 Å². The fourth-order valence-electron chi connectivity index (χ4n) is 2.28. The Hall–Kier alpha value is -1.76. The molecule has 0 bridgehead atoms. The fraction of sp³-hybridized carbons (Fsp3) is 0.462. The van der Waals surface area contributed by atoms with E-state index in [1.807, 2.05) is 28.8 Å². The molecular weight excluding hydrogens is 276 g/mol. The molecule has 0 aliphatic carbocycles. The van der Waals surface area contributed by atoms with Crippen LogP contribution in [0.3, 0.4) is 0 Å². The van der Waals surface area contributed by atoms with E-state index in [0.717, 1.165) is 24.5 Å². The lowest BCUT2D eigenvalue weighted by Gasteiger charge is -2.18. The summed E-state index contributed by atoms with van der Waals surface area (Å²) < 4.78 is 7.01. The lowest BCUT2D eigenvalue weighted by molar-refractivity contribution is 0.0760. The predicted octanol–water partition coefficient (Wildman–Crippen LogP) is 1.73. The van der Waals surface area contributed by atoms with Crippen LogP contribution >= 0.6 is 11.8 Å². The van der Waals surface area contributed by atoms with Gasteiger partial charge in [0.2, 0.25) is 0 Å². The zero-order valence-corrected chi connectivity index (χ0v) is 12.0. The van der Waals surface area contributed by atoms with Crippen LogP contribution in [0.4, 0.5) is 0 Å². The Labute approximate surface area is 121 Å². The number of furan rings is 1. The van der Waals surface area contributed by atoms with E-state index in [-0.39, 0.29) is 5.91 Å². The van der Waals surface area contributed by atoms with Gasteiger partial charge in [-0.05, 0) is 18.6 Å². The molecular formula is C13H16N4O2S. The second-order valence-electron chi connectivity index (χ2n) is 4.73. The highest BCUT2D eigenvalue weighted by atomic mass is 32.2. The SMILES string of the molecule is Cn1cc(C(=O)N2CCS[C@H](c3ccco3)CC2)nn1. The zero-order valence-electron chi connectivity index (χ0n) is 11.2. The zero-order chi connectivity index (χ0) is 13.9. The molecule has 2 aromatic rings. The molecule has 0 aromatic carbocycles. The smallest absolute Gasteiger partial charge is 0.276 e. The van der Waals surface area contributed by atoms with Gasteiger partial charge in [0.1, 0.15) is 5.76 Å². The predicted molar refractivity (Wildman–Crippen MR) is 75.4 cm³/mol. The molecule has 3 heterocycles. The van der Waals surface area contributed by atoms with E-state index in [0.29, 0.717) is 17.5 Å². The summed E-state index contributed by atoms with van der Waals surface area (Å²) in [4.78, 5) is 14.2. The van der Waals surface area contributed by atoms with Gasteiger partial charge in [-0.1, -0.05) is 5.21 Å². The summed E-state index contributed by atoms with van der Waals surface area (Å²) in [6, 6.07) is 3.90. The molecule has 1 aliphatic rings. The van der Waals surface area contributed by atoms with Crippen molar-refractivity contribution in [3.63, 3.8) is 0 Å². The molecule has 1 amide bonds.